The maximum atomic E-state index is 12.8. The summed E-state index contributed by atoms with van der Waals surface area (Å²) in [6.45, 7) is 15.2. The Hall–Kier alpha value is -3.86. The minimum atomic E-state index is -0.187. The zero-order valence-electron chi connectivity index (χ0n) is 22.0. The first-order valence-corrected chi connectivity index (χ1v) is 12.8. The summed E-state index contributed by atoms with van der Waals surface area (Å²) < 4.78 is 0. The number of carbonyl (C=O) groups excluding carboxylic acids is 1. The molecule has 2 heterocycles. The number of hydrogen-bond acceptors (Lipinski definition) is 4. The van der Waals surface area contributed by atoms with Crippen LogP contribution in [0.25, 0.3) is 5.70 Å². The molecule has 188 valence electrons. The van der Waals surface area contributed by atoms with E-state index in [0.29, 0.717) is 17.9 Å². The number of nitrogens with one attached hydrogen (secondary N) is 2. The van der Waals surface area contributed by atoms with Gasteiger partial charge in [-0.15, -0.1) is 0 Å². The molecule has 0 unspecified atom stereocenters. The van der Waals surface area contributed by atoms with Crippen molar-refractivity contribution in [2.24, 2.45) is 0 Å². The van der Waals surface area contributed by atoms with Crippen LogP contribution in [0.15, 0.2) is 85.1 Å². The number of amides is 1. The number of para-hydroxylation sites is 1. The topological polar surface area (TPSA) is 57.3 Å². The van der Waals surface area contributed by atoms with Gasteiger partial charge in [-0.25, -0.2) is 4.98 Å². The zero-order valence-corrected chi connectivity index (χ0v) is 22.0. The lowest BCUT2D eigenvalue weighted by atomic mass is 10.1. The van der Waals surface area contributed by atoms with Crippen molar-refractivity contribution in [1.82, 2.24) is 9.88 Å². The van der Waals surface area contributed by atoms with Crippen molar-refractivity contribution in [2.45, 2.75) is 47.1 Å². The van der Waals surface area contributed by atoms with E-state index in [9.17, 15) is 4.79 Å². The molecule has 0 saturated heterocycles. The van der Waals surface area contributed by atoms with Gasteiger partial charge >= 0.3 is 0 Å². The van der Waals surface area contributed by atoms with Crippen molar-refractivity contribution in [3.63, 3.8) is 0 Å². The van der Waals surface area contributed by atoms with Crippen LogP contribution in [-0.2, 0) is 6.54 Å². The molecule has 1 aromatic heterocycles. The second kappa shape index (κ2) is 13.3. The third kappa shape index (κ3) is 7.32. The summed E-state index contributed by atoms with van der Waals surface area (Å²) in [5.74, 6) is 0.352. The highest BCUT2D eigenvalue weighted by molar-refractivity contribution is 6.07. The van der Waals surface area contributed by atoms with Crippen LogP contribution in [0.1, 0.15) is 60.7 Å². The minimum absolute atomic E-state index is 0.187. The van der Waals surface area contributed by atoms with Gasteiger partial charge in [0.2, 0.25) is 0 Å². The molecule has 1 aliphatic rings. The van der Waals surface area contributed by atoms with Crippen LogP contribution < -0.4 is 10.6 Å². The van der Waals surface area contributed by atoms with Crippen LogP contribution in [-0.4, -0.2) is 28.9 Å². The fraction of sp³-hybridized carbons (Fsp3) is 0.290. The summed E-state index contributed by atoms with van der Waals surface area (Å²) in [5, 5.41) is 6.28. The van der Waals surface area contributed by atoms with Gasteiger partial charge in [-0.1, -0.05) is 74.5 Å². The highest BCUT2D eigenvalue weighted by Crippen LogP contribution is 2.23. The van der Waals surface area contributed by atoms with E-state index in [1.54, 1.807) is 6.20 Å². The highest BCUT2D eigenvalue weighted by atomic mass is 16.1. The van der Waals surface area contributed by atoms with Crippen molar-refractivity contribution in [3.8, 4) is 0 Å². The van der Waals surface area contributed by atoms with E-state index >= 15 is 0 Å². The summed E-state index contributed by atoms with van der Waals surface area (Å²) in [6, 6.07) is 19.8. The molecule has 1 aliphatic heterocycles. The summed E-state index contributed by atoms with van der Waals surface area (Å²) in [6.07, 6.45) is 6.23. The second-order valence-corrected chi connectivity index (χ2v) is 8.79. The summed E-state index contributed by atoms with van der Waals surface area (Å²) in [7, 11) is 0. The van der Waals surface area contributed by atoms with Crippen molar-refractivity contribution in [2.75, 3.05) is 23.7 Å². The molecule has 0 radical (unpaired) electrons. The molecule has 0 aliphatic carbocycles. The van der Waals surface area contributed by atoms with E-state index in [1.807, 2.05) is 57.2 Å². The third-order valence-corrected chi connectivity index (χ3v) is 6.14. The normalized spacial score (nSPS) is 13.0. The quantitative estimate of drug-likeness (QED) is 0.347. The SMILES string of the molecule is C=C(c1ccc(CNc2ccccc2C(=O)Nc2ccc(C)cn2)cc1)N1CCC=C(C)CC1.CC. The zero-order chi connectivity index (χ0) is 25.9. The van der Waals surface area contributed by atoms with Gasteiger partial charge in [-0.05, 0) is 61.6 Å². The fourth-order valence-corrected chi connectivity index (χ4v) is 4.02. The molecule has 0 fully saturated rings. The highest BCUT2D eigenvalue weighted by Gasteiger charge is 2.13. The molecule has 5 nitrogen and oxygen atoms in total. The number of nitrogens with zero attached hydrogens (tertiary/aromatic N) is 2. The van der Waals surface area contributed by atoms with E-state index in [4.69, 9.17) is 0 Å². The van der Waals surface area contributed by atoms with Gasteiger partial charge in [0.25, 0.3) is 5.91 Å². The third-order valence-electron chi connectivity index (χ3n) is 6.14. The average molecular weight is 483 g/mol. The lowest BCUT2D eigenvalue weighted by Gasteiger charge is -2.25. The first kappa shape index (κ1) is 26.7. The number of aromatic nitrogens is 1. The Morgan fingerprint density at radius 1 is 1.00 bits per heavy atom. The van der Waals surface area contributed by atoms with Gasteiger partial charge in [0.15, 0.2) is 0 Å². The molecule has 3 aromatic rings. The molecule has 1 amide bonds. The van der Waals surface area contributed by atoms with Gasteiger partial charge in [-0.3, -0.25) is 4.79 Å². The molecule has 5 heteroatoms. The van der Waals surface area contributed by atoms with Crippen LogP contribution >= 0.6 is 0 Å². The molecule has 0 saturated carbocycles. The maximum absolute atomic E-state index is 12.8. The van der Waals surface area contributed by atoms with E-state index in [1.165, 1.54) is 5.57 Å². The molecule has 0 bridgehead atoms. The largest absolute Gasteiger partial charge is 0.380 e. The smallest absolute Gasteiger partial charge is 0.258 e. The Balaban J connectivity index is 0.00000176. The lowest BCUT2D eigenvalue weighted by Crippen LogP contribution is -2.22. The summed E-state index contributed by atoms with van der Waals surface area (Å²) >= 11 is 0. The van der Waals surface area contributed by atoms with Crippen LogP contribution in [0.5, 0.6) is 0 Å². The molecule has 36 heavy (non-hydrogen) atoms. The van der Waals surface area contributed by atoms with Gasteiger partial charge in [0.05, 0.1) is 5.56 Å². The monoisotopic (exact) mass is 482 g/mol. The number of rotatable bonds is 7. The Kier molecular flexibility index (Phi) is 9.87. The standard InChI is InChI=1S/C29H32N4O.C2H6/c1-21-7-6-17-33(18-16-21)23(3)25-13-11-24(12-14-25)20-30-27-9-5-4-8-26(27)29(34)32-28-15-10-22(2)19-31-28;1-2/h4-5,7-15,19,30H,3,6,16-18,20H2,1-2H3,(H,31,32,34);1-2H3. The molecule has 0 spiro atoms. The Morgan fingerprint density at radius 2 is 1.75 bits per heavy atom. The van der Waals surface area contributed by atoms with Gasteiger partial charge in [0.1, 0.15) is 5.82 Å². The first-order valence-electron chi connectivity index (χ1n) is 12.8. The average Bonchev–Trinajstić information content (AvgIpc) is 3.14. The maximum Gasteiger partial charge on any atom is 0.258 e. The van der Waals surface area contributed by atoms with E-state index in [0.717, 1.165) is 54.0 Å². The van der Waals surface area contributed by atoms with Crippen molar-refractivity contribution >= 4 is 23.1 Å². The Bertz CT molecular complexity index is 1180. The van der Waals surface area contributed by atoms with Crippen LogP contribution in [0.4, 0.5) is 11.5 Å². The number of carbonyl (C=O) groups is 1. The lowest BCUT2D eigenvalue weighted by molar-refractivity contribution is 0.102. The van der Waals surface area contributed by atoms with E-state index < -0.39 is 0 Å². The van der Waals surface area contributed by atoms with Crippen LogP contribution in [0, 0.1) is 6.92 Å². The van der Waals surface area contributed by atoms with Crippen molar-refractivity contribution < 1.29 is 4.79 Å². The van der Waals surface area contributed by atoms with E-state index in [-0.39, 0.29) is 5.91 Å². The van der Waals surface area contributed by atoms with Gasteiger partial charge < -0.3 is 15.5 Å². The molecule has 4 rings (SSSR count). The molecular weight excluding hydrogens is 444 g/mol. The first-order chi connectivity index (χ1) is 17.5. The van der Waals surface area contributed by atoms with E-state index in [2.05, 4.69) is 64.4 Å². The number of aryl methyl sites for hydroxylation is 1. The number of pyridine rings is 1. The predicted octanol–water partition coefficient (Wildman–Crippen LogP) is 7.29. The molecule has 2 aromatic carbocycles. The van der Waals surface area contributed by atoms with Crippen molar-refractivity contribution in [1.29, 1.82) is 0 Å². The van der Waals surface area contributed by atoms with Crippen molar-refractivity contribution in [3.05, 3.63) is 107 Å². The number of hydrogen-bond donors (Lipinski definition) is 2. The van der Waals surface area contributed by atoms with Crippen LogP contribution in [0.2, 0.25) is 0 Å². The summed E-state index contributed by atoms with van der Waals surface area (Å²) in [4.78, 5) is 19.5. The Labute approximate surface area is 216 Å². The molecule has 0 atom stereocenters. The number of benzene rings is 2. The second-order valence-electron chi connectivity index (χ2n) is 8.79. The van der Waals surface area contributed by atoms with Crippen LogP contribution in [0.3, 0.4) is 0 Å². The van der Waals surface area contributed by atoms with Gasteiger partial charge in [-0.2, -0.15) is 0 Å². The predicted molar refractivity (Wildman–Crippen MR) is 152 cm³/mol. The fourth-order valence-electron chi connectivity index (χ4n) is 4.02. The molecular formula is C31H38N4O. The van der Waals surface area contributed by atoms with Gasteiger partial charge in [0, 0.05) is 37.2 Å². The number of anilines is 2. The molecule has 2 N–H and O–H groups in total. The minimum Gasteiger partial charge on any atom is -0.380 e. The summed E-state index contributed by atoms with van der Waals surface area (Å²) in [5.41, 5.74) is 7.24. The Morgan fingerprint density at radius 3 is 2.47 bits per heavy atom.